The van der Waals surface area contributed by atoms with Crippen LogP contribution in [-0.2, 0) is 21.4 Å². The van der Waals surface area contributed by atoms with E-state index in [1.165, 1.54) is 10.4 Å². The monoisotopic (exact) mass is 447 g/mol. The van der Waals surface area contributed by atoms with Crippen molar-refractivity contribution in [3.05, 3.63) is 65.2 Å². The second-order valence-electron chi connectivity index (χ2n) is 7.91. The van der Waals surface area contributed by atoms with Gasteiger partial charge in [-0.3, -0.25) is 4.79 Å². The van der Waals surface area contributed by atoms with Gasteiger partial charge >= 0.3 is 0 Å². The zero-order chi connectivity index (χ0) is 21.3. The Kier molecular flexibility index (Phi) is 6.16. The summed E-state index contributed by atoms with van der Waals surface area (Å²) in [4.78, 5) is 17.6. The number of carbonyl (C=O) groups excluding carboxylic acids is 1. The molecule has 2 heterocycles. The van der Waals surface area contributed by atoms with E-state index in [9.17, 15) is 13.2 Å². The summed E-state index contributed by atoms with van der Waals surface area (Å²) in [5.74, 6) is -0.380. The fourth-order valence-electron chi connectivity index (χ4n) is 4.36. The summed E-state index contributed by atoms with van der Waals surface area (Å²) in [7, 11) is -3.80. The zero-order valence-electron chi connectivity index (χ0n) is 16.9. The third-order valence-corrected chi connectivity index (χ3v) is 8.29. The Bertz CT molecular complexity index is 1020. The van der Waals surface area contributed by atoms with Gasteiger partial charge in [0.1, 0.15) is 4.90 Å². The van der Waals surface area contributed by atoms with Crippen LogP contribution in [0.15, 0.2) is 59.5 Å². The van der Waals surface area contributed by atoms with Gasteiger partial charge in [0.15, 0.2) is 0 Å². The van der Waals surface area contributed by atoms with Crippen LogP contribution in [0.2, 0.25) is 5.02 Å². The van der Waals surface area contributed by atoms with Crippen molar-refractivity contribution in [2.75, 3.05) is 32.7 Å². The Labute approximate surface area is 183 Å². The molecule has 1 amide bonds. The van der Waals surface area contributed by atoms with Crippen molar-refractivity contribution in [2.24, 2.45) is 5.92 Å². The molecule has 2 saturated heterocycles. The number of hydrogen-bond donors (Lipinski definition) is 0. The molecule has 0 aliphatic carbocycles. The van der Waals surface area contributed by atoms with Gasteiger partial charge in [0, 0.05) is 32.7 Å². The molecule has 0 saturated carbocycles. The van der Waals surface area contributed by atoms with Gasteiger partial charge in [0.2, 0.25) is 15.9 Å². The predicted octanol–water partition coefficient (Wildman–Crippen LogP) is 2.69. The van der Waals surface area contributed by atoms with E-state index in [4.69, 9.17) is 11.6 Å². The van der Waals surface area contributed by atoms with Crippen molar-refractivity contribution >= 4 is 27.5 Å². The number of rotatable bonds is 5. The van der Waals surface area contributed by atoms with Crippen LogP contribution in [0.5, 0.6) is 0 Å². The molecular weight excluding hydrogens is 422 g/mol. The predicted molar refractivity (Wildman–Crippen MR) is 117 cm³/mol. The van der Waals surface area contributed by atoms with Crippen LogP contribution in [0.4, 0.5) is 0 Å². The molecule has 2 atom stereocenters. The van der Waals surface area contributed by atoms with Crippen LogP contribution in [-0.4, -0.2) is 67.2 Å². The summed E-state index contributed by atoms with van der Waals surface area (Å²) in [6.07, 6.45) is 0. The van der Waals surface area contributed by atoms with E-state index in [0.29, 0.717) is 19.6 Å². The van der Waals surface area contributed by atoms with Crippen molar-refractivity contribution in [2.45, 2.75) is 24.4 Å². The summed E-state index contributed by atoms with van der Waals surface area (Å²) in [5.41, 5.74) is 1.04. The molecule has 0 aromatic heterocycles. The third kappa shape index (κ3) is 4.12. The van der Waals surface area contributed by atoms with Gasteiger partial charge < -0.3 is 9.80 Å². The van der Waals surface area contributed by atoms with E-state index in [1.54, 1.807) is 18.2 Å². The number of benzene rings is 2. The molecular formula is C22H26ClN3O3S. The first-order chi connectivity index (χ1) is 14.4. The summed E-state index contributed by atoms with van der Waals surface area (Å²) in [6.45, 7) is 5.04. The number of hydrogen-bond acceptors (Lipinski definition) is 4. The normalized spacial score (nSPS) is 23.4. The van der Waals surface area contributed by atoms with Crippen LogP contribution in [0.1, 0.15) is 12.5 Å². The highest BCUT2D eigenvalue weighted by molar-refractivity contribution is 7.89. The molecule has 2 aliphatic heterocycles. The first kappa shape index (κ1) is 21.3. The van der Waals surface area contributed by atoms with Crippen molar-refractivity contribution in [1.82, 2.24) is 14.1 Å². The summed E-state index contributed by atoms with van der Waals surface area (Å²) in [5, 5.41) is 0.203. The lowest BCUT2D eigenvalue weighted by Crippen LogP contribution is -2.49. The van der Waals surface area contributed by atoms with E-state index in [1.807, 2.05) is 35.2 Å². The zero-order valence-corrected chi connectivity index (χ0v) is 18.5. The number of nitrogens with zero attached hydrogens (tertiary/aromatic N) is 3. The van der Waals surface area contributed by atoms with E-state index in [-0.39, 0.29) is 35.0 Å². The van der Waals surface area contributed by atoms with Gasteiger partial charge in [0.25, 0.3) is 0 Å². The lowest BCUT2D eigenvalue weighted by atomic mass is 10.1. The minimum atomic E-state index is -3.80. The molecule has 2 fully saturated rings. The Morgan fingerprint density at radius 3 is 2.37 bits per heavy atom. The average molecular weight is 448 g/mol. The minimum Gasteiger partial charge on any atom is -0.332 e. The maximum Gasteiger partial charge on any atom is 0.244 e. The second kappa shape index (κ2) is 8.67. The lowest BCUT2D eigenvalue weighted by molar-refractivity contribution is -0.135. The van der Waals surface area contributed by atoms with Crippen LogP contribution in [0.25, 0.3) is 0 Å². The number of likely N-dealkylation sites (N-methyl/N-ethyl adjacent to an activating group) is 1. The Morgan fingerprint density at radius 1 is 0.967 bits per heavy atom. The maximum atomic E-state index is 13.4. The first-order valence-electron chi connectivity index (χ1n) is 10.2. The summed E-state index contributed by atoms with van der Waals surface area (Å²) >= 11 is 6.21. The highest BCUT2D eigenvalue weighted by Crippen LogP contribution is 2.30. The molecule has 0 N–H and O–H groups in total. The van der Waals surface area contributed by atoms with Gasteiger partial charge in [-0.25, -0.2) is 8.42 Å². The van der Waals surface area contributed by atoms with Gasteiger partial charge in [-0.2, -0.15) is 4.31 Å². The molecule has 2 aromatic rings. The second-order valence-corrected chi connectivity index (χ2v) is 10.2. The minimum absolute atomic E-state index is 0.0247. The third-order valence-electron chi connectivity index (χ3n) is 5.96. The largest absolute Gasteiger partial charge is 0.332 e. The van der Waals surface area contributed by atoms with Gasteiger partial charge in [-0.05, 0) is 24.2 Å². The van der Waals surface area contributed by atoms with Crippen LogP contribution < -0.4 is 0 Å². The first-order valence-corrected chi connectivity index (χ1v) is 12.0. The number of sulfonamides is 1. The number of carbonyl (C=O) groups is 1. The van der Waals surface area contributed by atoms with Gasteiger partial charge in [-0.15, -0.1) is 0 Å². The molecule has 2 aliphatic rings. The highest BCUT2D eigenvalue weighted by atomic mass is 35.5. The standard InChI is InChI=1S/C22H26ClN3O3S/c1-2-24-13-18-14-25(30(28,29)21-11-7-6-10-20(21)23)16-19(15-24)26(22(18)27)12-17-8-4-3-5-9-17/h3-11,18-19H,2,12-16H2,1H3/t18-,19+/m1/s1. The fourth-order valence-corrected chi connectivity index (χ4v) is 6.37. The lowest BCUT2D eigenvalue weighted by Gasteiger charge is -2.34. The molecule has 0 radical (unpaired) electrons. The summed E-state index contributed by atoms with van der Waals surface area (Å²) in [6, 6.07) is 16.1. The quantitative estimate of drug-likeness (QED) is 0.707. The number of fused-ring (bicyclic) bond motifs is 3. The van der Waals surface area contributed by atoms with Crippen molar-refractivity contribution < 1.29 is 13.2 Å². The molecule has 2 aromatic carbocycles. The Hall–Kier alpha value is -1.93. The van der Waals surface area contributed by atoms with Crippen LogP contribution in [0, 0.1) is 5.92 Å². The molecule has 0 unspecified atom stereocenters. The molecule has 2 bridgehead atoms. The van der Waals surface area contributed by atoms with E-state index in [0.717, 1.165) is 12.1 Å². The molecule has 30 heavy (non-hydrogen) atoms. The SMILES string of the molecule is CCN1C[C@@H]2CN(S(=O)(=O)c3ccccc3Cl)C[C@H](C1)N(Cc1ccccc1)C2=O. The maximum absolute atomic E-state index is 13.4. The number of halogens is 1. The van der Waals surface area contributed by atoms with Gasteiger partial charge in [0.05, 0.1) is 17.0 Å². The van der Waals surface area contributed by atoms with Crippen molar-refractivity contribution in [3.8, 4) is 0 Å². The van der Waals surface area contributed by atoms with Crippen molar-refractivity contribution in [3.63, 3.8) is 0 Å². The van der Waals surface area contributed by atoms with E-state index >= 15 is 0 Å². The molecule has 160 valence electrons. The fraction of sp³-hybridized carbons (Fsp3) is 0.409. The van der Waals surface area contributed by atoms with Gasteiger partial charge in [-0.1, -0.05) is 61.0 Å². The topological polar surface area (TPSA) is 60.9 Å². The molecule has 8 heteroatoms. The smallest absolute Gasteiger partial charge is 0.244 e. The molecule has 6 nitrogen and oxygen atoms in total. The highest BCUT2D eigenvalue weighted by Gasteiger charge is 2.44. The Morgan fingerprint density at radius 2 is 1.67 bits per heavy atom. The van der Waals surface area contributed by atoms with Crippen LogP contribution in [0.3, 0.4) is 0 Å². The number of amides is 1. The van der Waals surface area contributed by atoms with E-state index in [2.05, 4.69) is 11.8 Å². The van der Waals surface area contributed by atoms with E-state index < -0.39 is 15.9 Å². The molecule has 0 spiro atoms. The van der Waals surface area contributed by atoms with Crippen molar-refractivity contribution in [1.29, 1.82) is 0 Å². The summed E-state index contributed by atoms with van der Waals surface area (Å²) < 4.78 is 28.3. The Balaban J connectivity index is 1.69. The van der Waals surface area contributed by atoms with Crippen LogP contribution >= 0.6 is 11.6 Å². The molecule has 4 rings (SSSR count). The average Bonchev–Trinajstić information content (AvgIpc) is 2.92.